The van der Waals surface area contributed by atoms with E-state index in [1.54, 1.807) is 11.8 Å². The van der Waals surface area contributed by atoms with E-state index in [9.17, 15) is 0 Å². The second kappa shape index (κ2) is 12.2. The van der Waals surface area contributed by atoms with Gasteiger partial charge in [-0.3, -0.25) is 0 Å². The summed E-state index contributed by atoms with van der Waals surface area (Å²) in [6.45, 7) is 8.64. The molecule has 0 heterocycles. The van der Waals surface area contributed by atoms with Gasteiger partial charge in [-0.25, -0.2) is 0 Å². The van der Waals surface area contributed by atoms with Gasteiger partial charge in [-0.15, -0.1) is 0 Å². The lowest BCUT2D eigenvalue weighted by atomic mass is 10.1. The molecule has 0 aromatic heterocycles. The second-order valence-corrected chi connectivity index (χ2v) is 11.0. The van der Waals surface area contributed by atoms with E-state index in [2.05, 4.69) is 107 Å². The van der Waals surface area contributed by atoms with Gasteiger partial charge in [-0.05, 0) is 86.0 Å². The van der Waals surface area contributed by atoms with Crippen molar-refractivity contribution in [3.8, 4) is 11.1 Å². The van der Waals surface area contributed by atoms with Crippen LogP contribution in [-0.2, 0) is 10.9 Å². The standard InChI is InChI=1S/C29H30ClS2/c1-5-11-26(12-6-2)32(22(4)7-3)27-18-16-25(17-19-27)31-29-20-15-24(21-28(29)30)23-13-9-8-10-14-23/h5,7-21H,6H2,1-4H3/q+1/b11-5-,22-7+,26-12+. The third-order valence-corrected chi connectivity index (χ3v) is 8.93. The summed E-state index contributed by atoms with van der Waals surface area (Å²) in [4.78, 5) is 6.38. The maximum atomic E-state index is 6.64. The molecule has 0 bridgehead atoms. The Labute approximate surface area is 205 Å². The van der Waals surface area contributed by atoms with Crippen LogP contribution >= 0.6 is 23.4 Å². The normalized spacial score (nSPS) is 13.5. The predicted molar refractivity (Wildman–Crippen MR) is 146 cm³/mol. The molecule has 0 fully saturated rings. The summed E-state index contributed by atoms with van der Waals surface area (Å²) >= 11 is 8.35. The first-order valence-electron chi connectivity index (χ1n) is 10.9. The van der Waals surface area contributed by atoms with Crippen LogP contribution in [0.4, 0.5) is 0 Å². The van der Waals surface area contributed by atoms with Gasteiger partial charge in [0.15, 0.2) is 9.80 Å². The average Bonchev–Trinajstić information content (AvgIpc) is 2.82. The minimum absolute atomic E-state index is 0.0535. The van der Waals surface area contributed by atoms with Crippen LogP contribution in [0.5, 0.6) is 0 Å². The summed E-state index contributed by atoms with van der Waals surface area (Å²) < 4.78 is 0. The smallest absolute Gasteiger partial charge is 0.0885 e. The molecule has 0 aliphatic rings. The minimum Gasteiger partial charge on any atom is -0.0885 e. The Bertz CT molecular complexity index is 1110. The Hall–Kier alpha value is -2.13. The van der Waals surface area contributed by atoms with Gasteiger partial charge in [0.1, 0.15) is 4.91 Å². The largest absolute Gasteiger partial charge is 0.166 e. The van der Waals surface area contributed by atoms with Crippen LogP contribution in [0, 0.1) is 0 Å². The summed E-state index contributed by atoms with van der Waals surface area (Å²) in [6, 6.07) is 25.6. The molecule has 0 spiro atoms. The van der Waals surface area contributed by atoms with Crippen molar-refractivity contribution in [2.45, 2.75) is 48.8 Å². The Balaban J connectivity index is 1.84. The molecule has 0 saturated carbocycles. The van der Waals surface area contributed by atoms with E-state index in [1.165, 1.54) is 25.2 Å². The first kappa shape index (κ1) is 24.5. The molecular formula is C29H30ClS2+. The fraction of sp³-hybridized carbons (Fsp3) is 0.172. The van der Waals surface area contributed by atoms with E-state index in [0.717, 1.165) is 21.9 Å². The van der Waals surface area contributed by atoms with E-state index in [-0.39, 0.29) is 10.9 Å². The maximum Gasteiger partial charge on any atom is 0.166 e. The second-order valence-electron chi connectivity index (χ2n) is 7.30. The molecule has 3 rings (SSSR count). The summed E-state index contributed by atoms with van der Waals surface area (Å²) in [5.74, 6) is 0. The molecular weight excluding hydrogens is 448 g/mol. The van der Waals surface area contributed by atoms with Crippen LogP contribution in [0.3, 0.4) is 0 Å². The maximum absolute atomic E-state index is 6.64. The molecule has 0 radical (unpaired) electrons. The molecule has 1 atom stereocenters. The Morgan fingerprint density at radius 1 is 0.938 bits per heavy atom. The first-order valence-corrected chi connectivity index (χ1v) is 13.3. The molecule has 0 amide bonds. The highest BCUT2D eigenvalue weighted by Gasteiger charge is 2.28. The van der Waals surface area contributed by atoms with E-state index in [0.29, 0.717) is 0 Å². The fourth-order valence-corrected chi connectivity index (χ4v) is 6.76. The van der Waals surface area contributed by atoms with E-state index in [4.69, 9.17) is 11.6 Å². The van der Waals surface area contributed by atoms with E-state index < -0.39 is 0 Å². The summed E-state index contributed by atoms with van der Waals surface area (Å²) in [5, 5.41) is 0.784. The van der Waals surface area contributed by atoms with Crippen molar-refractivity contribution in [3.63, 3.8) is 0 Å². The van der Waals surface area contributed by atoms with Crippen LogP contribution in [-0.4, -0.2) is 0 Å². The predicted octanol–water partition coefficient (Wildman–Crippen LogP) is 9.93. The zero-order valence-corrected chi connectivity index (χ0v) is 21.5. The van der Waals surface area contributed by atoms with Crippen LogP contribution in [0.15, 0.2) is 122 Å². The Morgan fingerprint density at radius 3 is 2.25 bits per heavy atom. The zero-order chi connectivity index (χ0) is 22.9. The molecule has 3 heteroatoms. The highest BCUT2D eigenvalue weighted by atomic mass is 35.5. The minimum atomic E-state index is -0.0535. The van der Waals surface area contributed by atoms with Crippen LogP contribution in [0.25, 0.3) is 11.1 Å². The summed E-state index contributed by atoms with van der Waals surface area (Å²) in [7, 11) is -0.0535. The number of hydrogen-bond acceptors (Lipinski definition) is 1. The van der Waals surface area contributed by atoms with Crippen molar-refractivity contribution < 1.29 is 0 Å². The van der Waals surface area contributed by atoms with Gasteiger partial charge in [0.2, 0.25) is 0 Å². The zero-order valence-electron chi connectivity index (χ0n) is 19.1. The molecule has 164 valence electrons. The van der Waals surface area contributed by atoms with Crippen molar-refractivity contribution in [1.29, 1.82) is 0 Å². The summed E-state index contributed by atoms with van der Waals surface area (Å²) in [5.41, 5.74) is 2.32. The number of benzene rings is 3. The third kappa shape index (κ3) is 6.22. The molecule has 3 aromatic carbocycles. The molecule has 1 unspecified atom stereocenters. The molecule has 0 saturated heterocycles. The Kier molecular flexibility index (Phi) is 9.35. The molecule has 32 heavy (non-hydrogen) atoms. The molecule has 3 aromatic rings. The van der Waals surface area contributed by atoms with Crippen LogP contribution < -0.4 is 0 Å². The monoisotopic (exact) mass is 477 g/mol. The number of rotatable bonds is 8. The van der Waals surface area contributed by atoms with Crippen LogP contribution in [0.1, 0.15) is 34.1 Å². The van der Waals surface area contributed by atoms with Gasteiger partial charge in [0.25, 0.3) is 0 Å². The van der Waals surface area contributed by atoms with Gasteiger partial charge in [0, 0.05) is 16.7 Å². The fourth-order valence-electron chi connectivity index (χ4n) is 3.38. The van der Waals surface area contributed by atoms with Gasteiger partial charge in [0.05, 0.1) is 15.9 Å². The van der Waals surface area contributed by atoms with Gasteiger partial charge >= 0.3 is 0 Å². The van der Waals surface area contributed by atoms with E-state index in [1.807, 2.05) is 18.2 Å². The van der Waals surface area contributed by atoms with E-state index >= 15 is 0 Å². The number of hydrogen-bond donors (Lipinski definition) is 0. The number of halogens is 1. The van der Waals surface area contributed by atoms with Crippen molar-refractivity contribution >= 4 is 34.3 Å². The highest BCUT2D eigenvalue weighted by molar-refractivity contribution is 8.04. The van der Waals surface area contributed by atoms with Gasteiger partial charge in [-0.1, -0.05) is 72.8 Å². The highest BCUT2D eigenvalue weighted by Crippen LogP contribution is 2.37. The van der Waals surface area contributed by atoms with Gasteiger partial charge in [-0.2, -0.15) is 0 Å². The van der Waals surface area contributed by atoms with Crippen molar-refractivity contribution in [3.05, 3.63) is 112 Å². The van der Waals surface area contributed by atoms with Gasteiger partial charge < -0.3 is 0 Å². The molecule has 0 aliphatic carbocycles. The Morgan fingerprint density at radius 2 is 1.66 bits per heavy atom. The third-order valence-electron chi connectivity index (χ3n) is 5.03. The topological polar surface area (TPSA) is 0 Å². The first-order chi connectivity index (χ1) is 15.6. The molecule has 0 nitrogen and oxygen atoms in total. The molecule has 0 aliphatic heterocycles. The summed E-state index contributed by atoms with van der Waals surface area (Å²) in [6.07, 6.45) is 9.98. The van der Waals surface area contributed by atoms with Crippen molar-refractivity contribution in [1.82, 2.24) is 0 Å². The number of allylic oxidation sites excluding steroid dienone is 5. The SMILES string of the molecule is C/C=C\C(=C/CC)[S+](/C(C)=C/C)c1ccc(Sc2ccc(-c3ccccc3)cc2Cl)cc1. The lowest BCUT2D eigenvalue weighted by molar-refractivity contribution is 1.22. The lowest BCUT2D eigenvalue weighted by Crippen LogP contribution is -2.06. The van der Waals surface area contributed by atoms with Crippen LogP contribution in [0.2, 0.25) is 5.02 Å². The quantitative estimate of drug-likeness (QED) is 0.229. The lowest BCUT2D eigenvalue weighted by Gasteiger charge is -2.10. The van der Waals surface area contributed by atoms with Crippen molar-refractivity contribution in [2.75, 3.05) is 0 Å². The average molecular weight is 478 g/mol. The van der Waals surface area contributed by atoms with Crippen molar-refractivity contribution in [2.24, 2.45) is 0 Å². The molecule has 0 N–H and O–H groups in total.